The number of H-pyrrole nitrogens is 1. The van der Waals surface area contributed by atoms with Crippen molar-refractivity contribution in [3.05, 3.63) is 75.0 Å². The Morgan fingerprint density at radius 3 is 2.65 bits per heavy atom. The molecule has 0 amide bonds. The fourth-order valence-corrected chi connectivity index (χ4v) is 2.71. The summed E-state index contributed by atoms with van der Waals surface area (Å²) in [6, 6.07) is 11.4. The first-order valence-corrected chi connectivity index (χ1v) is 7.63. The number of nitrogens with one attached hydrogen (secondary N) is 2. The fourth-order valence-electron chi connectivity index (χ4n) is 2.54. The summed E-state index contributed by atoms with van der Waals surface area (Å²) in [7, 11) is 1.99. The number of nitrogens with zero attached hydrogens (tertiary/aromatic N) is 1. The van der Waals surface area contributed by atoms with Crippen LogP contribution in [-0.4, -0.2) is 17.0 Å². The molecule has 0 fully saturated rings. The summed E-state index contributed by atoms with van der Waals surface area (Å²) in [4.78, 5) is 20.5. The second kappa shape index (κ2) is 6.48. The van der Waals surface area contributed by atoms with Crippen molar-refractivity contribution < 1.29 is 9.29 Å². The third-order valence-corrected chi connectivity index (χ3v) is 3.84. The van der Waals surface area contributed by atoms with Crippen molar-refractivity contribution in [2.75, 3.05) is 7.05 Å². The van der Waals surface area contributed by atoms with Gasteiger partial charge in [-0.25, -0.2) is 9.37 Å². The van der Waals surface area contributed by atoms with E-state index in [0.717, 1.165) is 10.5 Å². The van der Waals surface area contributed by atoms with Gasteiger partial charge in [0.05, 0.1) is 18.0 Å². The monoisotopic (exact) mass is 332 g/mol. The zero-order valence-electron chi connectivity index (χ0n) is 12.6. The topological polar surface area (TPSA) is 50.2 Å². The van der Waals surface area contributed by atoms with Gasteiger partial charge >= 0.3 is 0 Å². The van der Waals surface area contributed by atoms with Crippen molar-refractivity contribution in [3.8, 4) is 0 Å². The van der Waals surface area contributed by atoms with E-state index in [0.29, 0.717) is 34.8 Å². The molecule has 1 aromatic heterocycles. The maximum absolute atomic E-state index is 12.9. The van der Waals surface area contributed by atoms with E-state index < -0.39 is 0 Å². The zero-order chi connectivity index (χ0) is 16.4. The number of hydrogen-bond donors (Lipinski definition) is 2. The SMILES string of the molecule is C[NH+](Cc1ccc(F)cc1)Cc1nc2cc(Cl)ccc2c(=O)[nH]1. The second-order valence-corrected chi connectivity index (χ2v) is 6.05. The number of benzene rings is 2. The highest BCUT2D eigenvalue weighted by molar-refractivity contribution is 6.31. The molecule has 1 atom stereocenters. The molecule has 4 nitrogen and oxygen atoms in total. The molecule has 2 N–H and O–H groups in total. The molecule has 6 heteroatoms. The molecule has 0 spiro atoms. The van der Waals surface area contributed by atoms with Crippen LogP contribution in [0.2, 0.25) is 5.02 Å². The van der Waals surface area contributed by atoms with Crippen LogP contribution in [0.25, 0.3) is 10.9 Å². The first kappa shape index (κ1) is 15.6. The summed E-state index contributed by atoms with van der Waals surface area (Å²) in [5, 5.41) is 1.07. The Kier molecular flexibility index (Phi) is 4.41. The second-order valence-electron chi connectivity index (χ2n) is 5.61. The maximum Gasteiger partial charge on any atom is 0.258 e. The van der Waals surface area contributed by atoms with E-state index >= 15 is 0 Å². The van der Waals surface area contributed by atoms with Crippen molar-refractivity contribution in [2.24, 2.45) is 0 Å². The average Bonchev–Trinajstić information content (AvgIpc) is 2.49. The number of aromatic nitrogens is 2. The van der Waals surface area contributed by atoms with Crippen molar-refractivity contribution >= 4 is 22.5 Å². The summed E-state index contributed by atoms with van der Waals surface area (Å²) in [6.07, 6.45) is 0. The van der Waals surface area contributed by atoms with Crippen LogP contribution in [0.5, 0.6) is 0 Å². The van der Waals surface area contributed by atoms with Crippen molar-refractivity contribution in [3.63, 3.8) is 0 Å². The van der Waals surface area contributed by atoms with Gasteiger partial charge in [-0.15, -0.1) is 0 Å². The molecule has 0 saturated heterocycles. The number of fused-ring (bicyclic) bond motifs is 1. The minimum Gasteiger partial charge on any atom is -0.327 e. The van der Waals surface area contributed by atoms with Crippen LogP contribution < -0.4 is 10.5 Å². The lowest BCUT2D eigenvalue weighted by Crippen LogP contribution is -3.06. The molecule has 0 aliphatic heterocycles. The normalized spacial score (nSPS) is 12.5. The Morgan fingerprint density at radius 1 is 1.17 bits per heavy atom. The quantitative estimate of drug-likeness (QED) is 0.767. The Bertz CT molecular complexity index is 892. The van der Waals surface area contributed by atoms with Gasteiger partial charge in [-0.2, -0.15) is 0 Å². The highest BCUT2D eigenvalue weighted by Gasteiger charge is 2.10. The Morgan fingerprint density at radius 2 is 1.91 bits per heavy atom. The summed E-state index contributed by atoms with van der Waals surface area (Å²) in [5.74, 6) is 0.355. The van der Waals surface area contributed by atoms with E-state index in [2.05, 4.69) is 9.97 Å². The highest BCUT2D eigenvalue weighted by Crippen LogP contribution is 2.14. The number of halogens is 2. The summed E-state index contributed by atoms with van der Waals surface area (Å²) >= 11 is 5.96. The molecule has 0 bridgehead atoms. The van der Waals surface area contributed by atoms with E-state index in [9.17, 15) is 9.18 Å². The smallest absolute Gasteiger partial charge is 0.258 e. The van der Waals surface area contributed by atoms with E-state index in [-0.39, 0.29) is 11.4 Å². The van der Waals surface area contributed by atoms with Crippen molar-refractivity contribution in [1.82, 2.24) is 9.97 Å². The molecule has 1 heterocycles. The predicted molar refractivity (Wildman–Crippen MR) is 88.1 cm³/mol. The minimum absolute atomic E-state index is 0.170. The fraction of sp³-hybridized carbons (Fsp3) is 0.176. The van der Waals surface area contributed by atoms with Gasteiger partial charge in [0, 0.05) is 10.6 Å². The van der Waals surface area contributed by atoms with Crippen molar-refractivity contribution in [1.29, 1.82) is 0 Å². The third-order valence-electron chi connectivity index (χ3n) is 3.61. The molecule has 0 aliphatic rings. The van der Waals surface area contributed by atoms with E-state index in [1.165, 1.54) is 12.1 Å². The number of hydrogen-bond acceptors (Lipinski definition) is 2. The molecule has 0 radical (unpaired) electrons. The van der Waals surface area contributed by atoms with Crippen LogP contribution in [0.3, 0.4) is 0 Å². The molecule has 0 aliphatic carbocycles. The minimum atomic E-state index is -0.246. The van der Waals surface area contributed by atoms with Gasteiger partial charge in [0.1, 0.15) is 18.9 Å². The van der Waals surface area contributed by atoms with Gasteiger partial charge in [0.2, 0.25) is 0 Å². The van der Waals surface area contributed by atoms with Gasteiger partial charge < -0.3 is 9.88 Å². The van der Waals surface area contributed by atoms with Gasteiger partial charge in [-0.1, -0.05) is 23.7 Å². The van der Waals surface area contributed by atoms with Crippen LogP contribution in [0.1, 0.15) is 11.4 Å². The predicted octanol–water partition coefficient (Wildman–Crippen LogP) is 1.93. The molecule has 118 valence electrons. The van der Waals surface area contributed by atoms with Gasteiger partial charge in [0.25, 0.3) is 5.56 Å². The Hall–Kier alpha value is -2.24. The van der Waals surface area contributed by atoms with Gasteiger partial charge in [-0.3, -0.25) is 4.79 Å². The van der Waals surface area contributed by atoms with E-state index in [1.54, 1.807) is 30.3 Å². The lowest BCUT2D eigenvalue weighted by atomic mass is 10.2. The Balaban J connectivity index is 1.80. The van der Waals surface area contributed by atoms with Crippen LogP contribution in [0.15, 0.2) is 47.3 Å². The highest BCUT2D eigenvalue weighted by atomic mass is 35.5. The molecule has 2 aromatic carbocycles. The molecule has 1 unspecified atom stereocenters. The molecular formula is C17H16ClFN3O+. The van der Waals surface area contributed by atoms with Gasteiger partial charge in [0.15, 0.2) is 5.82 Å². The molecule has 0 saturated carbocycles. The molecule has 3 aromatic rings. The molecular weight excluding hydrogens is 317 g/mol. The van der Waals surface area contributed by atoms with Crippen LogP contribution in [0.4, 0.5) is 4.39 Å². The number of rotatable bonds is 4. The lowest BCUT2D eigenvalue weighted by molar-refractivity contribution is -0.908. The summed E-state index contributed by atoms with van der Waals surface area (Å²) < 4.78 is 12.9. The van der Waals surface area contributed by atoms with Crippen LogP contribution >= 0.6 is 11.6 Å². The van der Waals surface area contributed by atoms with Crippen LogP contribution in [-0.2, 0) is 13.1 Å². The summed E-state index contributed by atoms with van der Waals surface area (Å²) in [5.41, 5.74) is 1.44. The van der Waals surface area contributed by atoms with Gasteiger partial charge in [-0.05, 0) is 30.3 Å². The van der Waals surface area contributed by atoms with Crippen LogP contribution in [0, 0.1) is 5.82 Å². The first-order chi connectivity index (χ1) is 11.0. The maximum atomic E-state index is 12.9. The first-order valence-electron chi connectivity index (χ1n) is 7.25. The van der Waals surface area contributed by atoms with E-state index in [1.807, 2.05) is 7.05 Å². The average molecular weight is 333 g/mol. The van der Waals surface area contributed by atoms with E-state index in [4.69, 9.17) is 11.6 Å². The number of quaternary nitrogens is 1. The van der Waals surface area contributed by atoms with Crippen molar-refractivity contribution in [2.45, 2.75) is 13.1 Å². The standard InChI is InChI=1S/C17H15ClFN3O/c1-22(9-11-2-5-13(19)6-3-11)10-16-20-15-8-12(18)4-7-14(15)17(23)21-16/h2-8H,9-10H2,1H3,(H,20,21,23)/p+1. The largest absolute Gasteiger partial charge is 0.327 e. The summed E-state index contributed by atoms with van der Waals surface area (Å²) in [6.45, 7) is 1.26. The number of aromatic amines is 1. The lowest BCUT2D eigenvalue weighted by Gasteiger charge is -2.13. The third kappa shape index (κ3) is 3.75. The zero-order valence-corrected chi connectivity index (χ0v) is 13.3. The Labute approximate surface area is 137 Å². The molecule has 3 rings (SSSR count). The molecule has 23 heavy (non-hydrogen) atoms.